The maximum Gasteiger partial charge on any atom is 0.178 e. The predicted octanol–water partition coefficient (Wildman–Crippen LogP) is 1.66. The van der Waals surface area contributed by atoms with Crippen LogP contribution in [0, 0.1) is 0 Å². The number of ketones is 1. The molecule has 1 N–H and O–H groups in total. The Morgan fingerprint density at radius 2 is 2.10 bits per heavy atom. The Labute approximate surface area is 119 Å². The van der Waals surface area contributed by atoms with Crippen molar-refractivity contribution in [2.75, 3.05) is 32.7 Å². The van der Waals surface area contributed by atoms with Gasteiger partial charge >= 0.3 is 0 Å². The number of nitrogens with zero attached hydrogens (tertiary/aromatic N) is 2. The average Bonchev–Trinajstić information content (AvgIpc) is 2.64. The van der Waals surface area contributed by atoms with E-state index in [-0.39, 0.29) is 5.78 Å². The topological polar surface area (TPSA) is 37.3 Å². The van der Waals surface area contributed by atoms with Gasteiger partial charge in [0, 0.05) is 42.8 Å². The lowest BCUT2D eigenvalue weighted by molar-refractivity contribution is 0.0936. The first-order valence-electron chi connectivity index (χ1n) is 7.26. The maximum atomic E-state index is 12.6. The van der Waals surface area contributed by atoms with Crippen LogP contribution >= 0.6 is 0 Å². The van der Waals surface area contributed by atoms with Gasteiger partial charge in [-0.1, -0.05) is 18.2 Å². The number of Topliss-reactive ketones (excluding diaryl/α,β-unsaturated/α-hetero) is 1. The molecule has 0 bridgehead atoms. The van der Waals surface area contributed by atoms with E-state index in [0.717, 1.165) is 49.1 Å². The highest BCUT2D eigenvalue weighted by Gasteiger charge is 2.17. The highest BCUT2D eigenvalue weighted by molar-refractivity contribution is 6.09. The number of fused-ring (bicyclic) bond motifs is 1. The van der Waals surface area contributed by atoms with Crippen LogP contribution in [0.15, 0.2) is 30.5 Å². The summed E-state index contributed by atoms with van der Waals surface area (Å²) in [5.41, 5.74) is 1.97. The standard InChI is InChI=1S/C16H21N3O/c1-18-11-14(13-5-2-3-6-15(13)18)16(20)12-19-9-4-7-17-8-10-19/h2-3,5-6,11,17H,4,7-10,12H2,1H3. The molecule has 20 heavy (non-hydrogen) atoms. The van der Waals surface area contributed by atoms with Gasteiger partial charge in [-0.05, 0) is 25.6 Å². The summed E-state index contributed by atoms with van der Waals surface area (Å²) < 4.78 is 2.03. The SMILES string of the molecule is Cn1cc(C(=O)CN2CCCNCC2)c2ccccc21. The van der Waals surface area contributed by atoms with Gasteiger partial charge < -0.3 is 9.88 Å². The molecule has 2 heterocycles. The van der Waals surface area contributed by atoms with Gasteiger partial charge in [-0.2, -0.15) is 0 Å². The minimum absolute atomic E-state index is 0.226. The largest absolute Gasteiger partial charge is 0.350 e. The van der Waals surface area contributed by atoms with Crippen molar-refractivity contribution in [2.24, 2.45) is 7.05 Å². The third-order valence-corrected chi connectivity index (χ3v) is 4.00. The second-order valence-corrected chi connectivity index (χ2v) is 5.47. The summed E-state index contributed by atoms with van der Waals surface area (Å²) in [7, 11) is 2.00. The maximum absolute atomic E-state index is 12.6. The molecule has 4 nitrogen and oxygen atoms in total. The van der Waals surface area contributed by atoms with E-state index in [0.29, 0.717) is 6.54 Å². The molecule has 1 saturated heterocycles. The van der Waals surface area contributed by atoms with Crippen LogP contribution in [-0.4, -0.2) is 48.0 Å². The summed E-state index contributed by atoms with van der Waals surface area (Å²) in [6, 6.07) is 8.10. The molecule has 0 amide bonds. The molecule has 1 aliphatic rings. The molecule has 1 aromatic heterocycles. The van der Waals surface area contributed by atoms with Crippen LogP contribution in [0.5, 0.6) is 0 Å². The van der Waals surface area contributed by atoms with Crippen LogP contribution < -0.4 is 5.32 Å². The van der Waals surface area contributed by atoms with Gasteiger partial charge in [0.25, 0.3) is 0 Å². The molecule has 0 unspecified atom stereocenters. The first-order chi connectivity index (χ1) is 9.75. The highest BCUT2D eigenvalue weighted by atomic mass is 16.1. The molecule has 0 saturated carbocycles. The van der Waals surface area contributed by atoms with E-state index >= 15 is 0 Å². The molecule has 0 atom stereocenters. The van der Waals surface area contributed by atoms with E-state index in [4.69, 9.17) is 0 Å². The lowest BCUT2D eigenvalue weighted by Crippen LogP contribution is -2.33. The van der Waals surface area contributed by atoms with E-state index in [1.54, 1.807) is 0 Å². The smallest absolute Gasteiger partial charge is 0.178 e. The van der Waals surface area contributed by atoms with Gasteiger partial charge in [0.2, 0.25) is 0 Å². The van der Waals surface area contributed by atoms with E-state index in [2.05, 4.69) is 16.3 Å². The molecule has 1 aromatic carbocycles. The molecular formula is C16H21N3O. The minimum atomic E-state index is 0.226. The predicted molar refractivity (Wildman–Crippen MR) is 81.2 cm³/mol. The van der Waals surface area contributed by atoms with Crippen LogP contribution in [0.2, 0.25) is 0 Å². The van der Waals surface area contributed by atoms with Gasteiger partial charge in [-0.15, -0.1) is 0 Å². The Morgan fingerprint density at radius 3 is 3.00 bits per heavy atom. The fourth-order valence-corrected chi connectivity index (χ4v) is 2.91. The zero-order valence-electron chi connectivity index (χ0n) is 11.9. The number of hydrogen-bond acceptors (Lipinski definition) is 3. The number of rotatable bonds is 3. The number of carbonyl (C=O) groups excluding carboxylic acids is 1. The number of aryl methyl sites for hydroxylation is 1. The van der Waals surface area contributed by atoms with Gasteiger partial charge in [0.15, 0.2) is 5.78 Å². The zero-order valence-corrected chi connectivity index (χ0v) is 11.9. The minimum Gasteiger partial charge on any atom is -0.350 e. The molecule has 3 rings (SSSR count). The van der Waals surface area contributed by atoms with Crippen LogP contribution in [0.1, 0.15) is 16.8 Å². The first kappa shape index (κ1) is 13.3. The summed E-state index contributed by atoms with van der Waals surface area (Å²) in [6.07, 6.45) is 3.08. The van der Waals surface area contributed by atoms with Gasteiger partial charge in [-0.3, -0.25) is 9.69 Å². The normalized spacial score (nSPS) is 17.2. The van der Waals surface area contributed by atoms with E-state index in [1.165, 1.54) is 0 Å². The molecule has 2 aromatic rings. The number of nitrogens with one attached hydrogen (secondary N) is 1. The number of aromatic nitrogens is 1. The van der Waals surface area contributed by atoms with E-state index < -0.39 is 0 Å². The van der Waals surface area contributed by atoms with E-state index in [1.807, 2.05) is 36.0 Å². The third kappa shape index (κ3) is 2.62. The second kappa shape index (κ2) is 5.77. The fraction of sp³-hybridized carbons (Fsp3) is 0.438. The van der Waals surface area contributed by atoms with Crippen molar-refractivity contribution in [3.63, 3.8) is 0 Å². The van der Waals surface area contributed by atoms with Gasteiger partial charge in [-0.25, -0.2) is 0 Å². The van der Waals surface area contributed by atoms with Gasteiger partial charge in [0.1, 0.15) is 0 Å². The fourth-order valence-electron chi connectivity index (χ4n) is 2.91. The molecule has 4 heteroatoms. The Hall–Kier alpha value is -1.65. The van der Waals surface area contributed by atoms with Crippen molar-refractivity contribution in [3.8, 4) is 0 Å². The average molecular weight is 271 g/mol. The molecule has 0 aliphatic carbocycles. The quantitative estimate of drug-likeness (QED) is 0.863. The lowest BCUT2D eigenvalue weighted by atomic mass is 10.1. The van der Waals surface area contributed by atoms with Crippen LogP contribution in [0.4, 0.5) is 0 Å². The summed E-state index contributed by atoms with van der Waals surface area (Å²) in [4.78, 5) is 14.8. The van der Waals surface area contributed by atoms with Crippen LogP contribution in [0.3, 0.4) is 0 Å². The van der Waals surface area contributed by atoms with Crippen molar-refractivity contribution < 1.29 is 4.79 Å². The second-order valence-electron chi connectivity index (χ2n) is 5.47. The number of carbonyl (C=O) groups is 1. The van der Waals surface area contributed by atoms with Crippen molar-refractivity contribution in [1.29, 1.82) is 0 Å². The Morgan fingerprint density at radius 1 is 1.25 bits per heavy atom. The summed E-state index contributed by atoms with van der Waals surface area (Å²) in [5, 5.41) is 4.43. The molecule has 106 valence electrons. The monoisotopic (exact) mass is 271 g/mol. The van der Waals surface area contributed by atoms with Crippen LogP contribution in [0.25, 0.3) is 10.9 Å². The van der Waals surface area contributed by atoms with E-state index in [9.17, 15) is 4.79 Å². The lowest BCUT2D eigenvalue weighted by Gasteiger charge is -2.17. The third-order valence-electron chi connectivity index (χ3n) is 4.00. The summed E-state index contributed by atoms with van der Waals surface area (Å²) in [6.45, 7) is 4.51. The molecule has 1 fully saturated rings. The number of hydrogen-bond donors (Lipinski definition) is 1. The summed E-state index contributed by atoms with van der Waals surface area (Å²) >= 11 is 0. The van der Waals surface area contributed by atoms with Crippen molar-refractivity contribution in [2.45, 2.75) is 6.42 Å². The van der Waals surface area contributed by atoms with Crippen LogP contribution in [-0.2, 0) is 7.05 Å². The molecule has 0 radical (unpaired) electrons. The summed E-state index contributed by atoms with van der Waals surface area (Å²) in [5.74, 6) is 0.226. The molecule has 0 spiro atoms. The Bertz CT molecular complexity index is 609. The number of benzene rings is 1. The van der Waals surface area contributed by atoms with Gasteiger partial charge in [0.05, 0.1) is 6.54 Å². The highest BCUT2D eigenvalue weighted by Crippen LogP contribution is 2.21. The molecule has 1 aliphatic heterocycles. The van der Waals surface area contributed by atoms with Crippen molar-refractivity contribution in [3.05, 3.63) is 36.0 Å². The molecular weight excluding hydrogens is 250 g/mol. The number of para-hydroxylation sites is 1. The Balaban J connectivity index is 1.81. The zero-order chi connectivity index (χ0) is 13.9. The Kier molecular flexibility index (Phi) is 3.85. The van der Waals surface area contributed by atoms with Crippen molar-refractivity contribution in [1.82, 2.24) is 14.8 Å². The first-order valence-corrected chi connectivity index (χ1v) is 7.26. The van der Waals surface area contributed by atoms with Crippen molar-refractivity contribution >= 4 is 16.7 Å².